The number of halogens is 1. The lowest BCUT2D eigenvalue weighted by atomic mass is 10.0. The highest BCUT2D eigenvalue weighted by Crippen LogP contribution is 2.22. The molecule has 0 saturated heterocycles. The van der Waals surface area contributed by atoms with E-state index in [0.717, 1.165) is 0 Å². The molecule has 0 aliphatic heterocycles. The van der Waals surface area contributed by atoms with Crippen LogP contribution in [-0.4, -0.2) is 23.6 Å². The fraction of sp³-hybridized carbons (Fsp3) is 0.385. The number of anilines is 1. The van der Waals surface area contributed by atoms with Gasteiger partial charge in [0.1, 0.15) is 4.99 Å². The van der Waals surface area contributed by atoms with Crippen molar-refractivity contribution in [3.05, 3.63) is 28.8 Å². The summed E-state index contributed by atoms with van der Waals surface area (Å²) in [6, 6.07) is 4.97. The zero-order valence-electron chi connectivity index (χ0n) is 11.1. The predicted octanol–water partition coefficient (Wildman–Crippen LogP) is 2.73. The van der Waals surface area contributed by atoms with E-state index in [2.05, 4.69) is 5.32 Å². The molecule has 0 spiro atoms. The van der Waals surface area contributed by atoms with E-state index in [1.165, 1.54) is 0 Å². The molecule has 4 nitrogen and oxygen atoms in total. The van der Waals surface area contributed by atoms with Gasteiger partial charge in [-0.05, 0) is 32.0 Å². The Bertz CT molecular complexity index is 503. The summed E-state index contributed by atoms with van der Waals surface area (Å²) in [5.74, 6) is -0.188. The molecule has 19 heavy (non-hydrogen) atoms. The van der Waals surface area contributed by atoms with Gasteiger partial charge >= 0.3 is 0 Å². The van der Waals surface area contributed by atoms with Crippen LogP contribution in [0.15, 0.2) is 18.2 Å². The maximum absolute atomic E-state index is 12.0. The standard InChI is InChI=1S/C13H17ClN2O2S/c1-13(2,18-3)7-11(17)16-10-6-8(14)4-5-9(10)12(15)19/h4-6H,7H2,1-3H3,(H2,15,19)(H,16,17). The molecule has 0 heterocycles. The molecule has 104 valence electrons. The van der Waals surface area contributed by atoms with Gasteiger partial charge in [0.15, 0.2) is 0 Å². The van der Waals surface area contributed by atoms with Crippen molar-refractivity contribution in [3.8, 4) is 0 Å². The van der Waals surface area contributed by atoms with Crippen LogP contribution in [0.5, 0.6) is 0 Å². The molecule has 0 atom stereocenters. The number of thiocarbonyl (C=S) groups is 1. The fourth-order valence-corrected chi connectivity index (χ4v) is 1.84. The first-order valence-electron chi connectivity index (χ1n) is 5.69. The van der Waals surface area contributed by atoms with Crippen LogP contribution in [0, 0.1) is 0 Å². The van der Waals surface area contributed by atoms with Crippen LogP contribution in [0.1, 0.15) is 25.8 Å². The van der Waals surface area contributed by atoms with Gasteiger partial charge in [-0.25, -0.2) is 0 Å². The first-order valence-corrected chi connectivity index (χ1v) is 6.48. The third kappa shape index (κ3) is 4.78. The maximum Gasteiger partial charge on any atom is 0.227 e. The quantitative estimate of drug-likeness (QED) is 0.821. The number of nitrogens with one attached hydrogen (secondary N) is 1. The molecule has 0 aliphatic rings. The molecule has 0 saturated carbocycles. The number of benzene rings is 1. The second-order valence-corrected chi connectivity index (χ2v) is 5.62. The molecule has 1 aromatic carbocycles. The zero-order chi connectivity index (χ0) is 14.6. The average molecular weight is 301 g/mol. The molecular formula is C13H17ClN2O2S. The van der Waals surface area contributed by atoms with Crippen molar-refractivity contribution < 1.29 is 9.53 Å². The maximum atomic E-state index is 12.0. The van der Waals surface area contributed by atoms with Crippen LogP contribution in [0.3, 0.4) is 0 Å². The summed E-state index contributed by atoms with van der Waals surface area (Å²) in [7, 11) is 1.56. The van der Waals surface area contributed by atoms with E-state index in [9.17, 15) is 4.79 Å². The summed E-state index contributed by atoms with van der Waals surface area (Å²) in [6.45, 7) is 3.66. The van der Waals surface area contributed by atoms with Gasteiger partial charge in [-0.15, -0.1) is 0 Å². The van der Waals surface area contributed by atoms with Crippen molar-refractivity contribution in [2.75, 3.05) is 12.4 Å². The Balaban J connectivity index is 2.90. The molecule has 6 heteroatoms. The lowest BCUT2D eigenvalue weighted by Gasteiger charge is -2.22. The van der Waals surface area contributed by atoms with Crippen molar-refractivity contribution in [1.29, 1.82) is 0 Å². The van der Waals surface area contributed by atoms with Crippen molar-refractivity contribution >= 4 is 40.4 Å². The second kappa shape index (κ2) is 6.32. The van der Waals surface area contributed by atoms with Crippen molar-refractivity contribution in [1.82, 2.24) is 0 Å². The minimum absolute atomic E-state index is 0.188. The van der Waals surface area contributed by atoms with Crippen LogP contribution < -0.4 is 11.1 Å². The van der Waals surface area contributed by atoms with Gasteiger partial charge in [-0.2, -0.15) is 0 Å². The van der Waals surface area contributed by atoms with E-state index < -0.39 is 5.60 Å². The Morgan fingerprint density at radius 2 is 2.16 bits per heavy atom. The van der Waals surface area contributed by atoms with Crippen LogP contribution in [-0.2, 0) is 9.53 Å². The topological polar surface area (TPSA) is 64.3 Å². The molecule has 1 rings (SSSR count). The highest BCUT2D eigenvalue weighted by molar-refractivity contribution is 7.80. The molecule has 1 aromatic rings. The molecule has 0 fully saturated rings. The van der Waals surface area contributed by atoms with Crippen LogP contribution in [0.25, 0.3) is 0 Å². The Hall–Kier alpha value is -1.17. The lowest BCUT2D eigenvalue weighted by Crippen LogP contribution is -2.30. The number of hydrogen-bond donors (Lipinski definition) is 2. The van der Waals surface area contributed by atoms with E-state index in [-0.39, 0.29) is 17.3 Å². The van der Waals surface area contributed by atoms with Gasteiger partial charge < -0.3 is 15.8 Å². The van der Waals surface area contributed by atoms with Crippen molar-refractivity contribution in [2.24, 2.45) is 5.73 Å². The smallest absolute Gasteiger partial charge is 0.227 e. The summed E-state index contributed by atoms with van der Waals surface area (Å²) in [4.78, 5) is 12.2. The first-order chi connectivity index (χ1) is 8.75. The van der Waals surface area contributed by atoms with Gasteiger partial charge in [0.25, 0.3) is 0 Å². The number of rotatable bonds is 5. The summed E-state index contributed by atoms with van der Waals surface area (Å²) in [5.41, 5.74) is 6.17. The minimum Gasteiger partial charge on any atom is -0.389 e. The van der Waals surface area contributed by atoms with Crippen LogP contribution >= 0.6 is 23.8 Å². The summed E-state index contributed by atoms with van der Waals surface area (Å²) in [6.07, 6.45) is 0.215. The molecule has 0 radical (unpaired) electrons. The van der Waals surface area contributed by atoms with Crippen molar-refractivity contribution in [3.63, 3.8) is 0 Å². The number of carbonyl (C=O) groups excluding carboxylic acids is 1. The summed E-state index contributed by atoms with van der Waals surface area (Å²) in [5, 5.41) is 3.25. The number of methoxy groups -OCH3 is 1. The predicted molar refractivity (Wildman–Crippen MR) is 81.7 cm³/mol. The third-order valence-electron chi connectivity index (χ3n) is 2.66. The van der Waals surface area contributed by atoms with E-state index >= 15 is 0 Å². The largest absolute Gasteiger partial charge is 0.389 e. The van der Waals surface area contributed by atoms with E-state index in [1.54, 1.807) is 25.3 Å². The third-order valence-corrected chi connectivity index (χ3v) is 3.12. The van der Waals surface area contributed by atoms with Crippen LogP contribution in [0.2, 0.25) is 5.02 Å². The number of amides is 1. The zero-order valence-corrected chi connectivity index (χ0v) is 12.7. The Kier molecular flexibility index (Phi) is 5.29. The van der Waals surface area contributed by atoms with E-state index in [1.807, 2.05) is 13.8 Å². The Labute approximate surface area is 123 Å². The normalized spacial score (nSPS) is 11.2. The number of nitrogens with two attached hydrogens (primary N) is 1. The van der Waals surface area contributed by atoms with E-state index in [4.69, 9.17) is 34.3 Å². The van der Waals surface area contributed by atoms with Gasteiger partial charge in [-0.1, -0.05) is 23.8 Å². The molecular weight excluding hydrogens is 284 g/mol. The summed E-state index contributed by atoms with van der Waals surface area (Å²) >= 11 is 10.8. The fourth-order valence-electron chi connectivity index (χ4n) is 1.49. The Morgan fingerprint density at radius 1 is 1.53 bits per heavy atom. The molecule has 0 bridgehead atoms. The number of carbonyl (C=O) groups is 1. The van der Waals surface area contributed by atoms with Crippen molar-refractivity contribution in [2.45, 2.75) is 25.9 Å². The van der Waals surface area contributed by atoms with Gasteiger partial charge in [-0.3, -0.25) is 4.79 Å². The molecule has 0 unspecified atom stereocenters. The SMILES string of the molecule is COC(C)(C)CC(=O)Nc1cc(Cl)ccc1C(N)=S. The highest BCUT2D eigenvalue weighted by Gasteiger charge is 2.21. The molecule has 1 amide bonds. The van der Waals surface area contributed by atoms with Gasteiger partial charge in [0, 0.05) is 17.7 Å². The molecule has 3 N–H and O–H groups in total. The van der Waals surface area contributed by atoms with Gasteiger partial charge in [0.05, 0.1) is 17.7 Å². The number of hydrogen-bond acceptors (Lipinski definition) is 3. The first kappa shape index (κ1) is 15.9. The average Bonchev–Trinajstić information content (AvgIpc) is 2.27. The lowest BCUT2D eigenvalue weighted by molar-refractivity contribution is -0.121. The van der Waals surface area contributed by atoms with Gasteiger partial charge in [0.2, 0.25) is 5.91 Å². The number of ether oxygens (including phenoxy) is 1. The molecule has 0 aliphatic carbocycles. The second-order valence-electron chi connectivity index (χ2n) is 4.74. The summed E-state index contributed by atoms with van der Waals surface area (Å²) < 4.78 is 5.21. The van der Waals surface area contributed by atoms with Crippen LogP contribution in [0.4, 0.5) is 5.69 Å². The minimum atomic E-state index is -0.536. The highest BCUT2D eigenvalue weighted by atomic mass is 35.5. The molecule has 0 aromatic heterocycles. The monoisotopic (exact) mass is 300 g/mol. The van der Waals surface area contributed by atoms with E-state index in [0.29, 0.717) is 16.3 Å². The Morgan fingerprint density at radius 3 is 2.68 bits per heavy atom.